The zero-order valence-electron chi connectivity index (χ0n) is 22.2. The Labute approximate surface area is 254 Å². The van der Waals surface area contributed by atoms with Crippen LogP contribution in [-0.4, -0.2) is 51.7 Å². The molecule has 0 bridgehead atoms. The van der Waals surface area contributed by atoms with Gasteiger partial charge in [-0.15, -0.1) is 5.10 Å². The number of rotatable bonds is 8. The fraction of sp³-hybridized carbons (Fsp3) is 0.269. The predicted molar refractivity (Wildman–Crippen MR) is 142 cm³/mol. The van der Waals surface area contributed by atoms with E-state index in [1.165, 1.54) is 6.07 Å². The van der Waals surface area contributed by atoms with E-state index >= 15 is 0 Å². The standard InChI is InChI=1S/C26H19Cl2F4N3O7S/c1-10(36)39-9-20-24(40-11(2)37)23(35-8-19(33-34-35)13-4-17(30)22(32)18(31)5-13)25(41-12(3)38)26(42-20)43-21-7-15(28)14(27)6-16(21)29/h4-8,20,23-24H,9H2,1-3H3/t20?,23?,24-/m0/s1. The van der Waals surface area contributed by atoms with Crippen molar-refractivity contribution >= 4 is 52.9 Å². The molecule has 17 heteroatoms. The number of nitrogens with zero attached hydrogens (tertiary/aromatic N) is 3. The van der Waals surface area contributed by atoms with E-state index in [1.807, 2.05) is 0 Å². The van der Waals surface area contributed by atoms with E-state index in [0.717, 1.165) is 37.7 Å². The van der Waals surface area contributed by atoms with Crippen LogP contribution >= 0.6 is 35.0 Å². The van der Waals surface area contributed by atoms with Crippen molar-refractivity contribution in [3.8, 4) is 11.3 Å². The number of carbonyl (C=O) groups excluding carboxylic acids is 3. The van der Waals surface area contributed by atoms with Gasteiger partial charge in [0, 0.05) is 26.3 Å². The summed E-state index contributed by atoms with van der Waals surface area (Å²) in [7, 11) is 0. The Morgan fingerprint density at radius 2 is 1.60 bits per heavy atom. The van der Waals surface area contributed by atoms with Gasteiger partial charge in [0.2, 0.25) is 0 Å². The van der Waals surface area contributed by atoms with E-state index in [2.05, 4.69) is 10.3 Å². The molecule has 3 atom stereocenters. The van der Waals surface area contributed by atoms with Gasteiger partial charge in [0.05, 0.1) is 21.1 Å². The topological polar surface area (TPSA) is 119 Å². The quantitative estimate of drug-likeness (QED) is 0.0966. The molecule has 0 amide bonds. The lowest BCUT2D eigenvalue weighted by Gasteiger charge is -2.38. The Kier molecular flexibility index (Phi) is 9.87. The normalized spacial score (nSPS) is 18.2. The van der Waals surface area contributed by atoms with Crippen LogP contribution in [0.4, 0.5) is 17.6 Å². The summed E-state index contributed by atoms with van der Waals surface area (Å²) < 4.78 is 79.3. The molecule has 1 aliphatic rings. The molecule has 2 unspecified atom stereocenters. The van der Waals surface area contributed by atoms with Gasteiger partial charge in [0.25, 0.3) is 0 Å². The van der Waals surface area contributed by atoms with Crippen LogP contribution < -0.4 is 0 Å². The monoisotopic (exact) mass is 663 g/mol. The number of ether oxygens (including phenoxy) is 4. The average molecular weight is 664 g/mol. The molecule has 0 spiro atoms. The lowest BCUT2D eigenvalue weighted by Crippen LogP contribution is -2.47. The number of aromatic nitrogens is 3. The molecule has 0 N–H and O–H groups in total. The Morgan fingerprint density at radius 1 is 0.953 bits per heavy atom. The summed E-state index contributed by atoms with van der Waals surface area (Å²) in [5, 5.41) is 7.48. The molecule has 10 nitrogen and oxygen atoms in total. The number of hydrogen-bond acceptors (Lipinski definition) is 10. The molecule has 2 heterocycles. The van der Waals surface area contributed by atoms with Gasteiger partial charge < -0.3 is 18.9 Å². The van der Waals surface area contributed by atoms with Crippen LogP contribution in [0.25, 0.3) is 11.3 Å². The van der Waals surface area contributed by atoms with Gasteiger partial charge in [-0.1, -0.05) is 28.4 Å². The maximum absolute atomic E-state index is 14.9. The molecule has 1 aliphatic heterocycles. The van der Waals surface area contributed by atoms with Gasteiger partial charge in [-0.25, -0.2) is 22.2 Å². The molecule has 43 heavy (non-hydrogen) atoms. The molecule has 0 radical (unpaired) electrons. The number of halogens is 6. The van der Waals surface area contributed by atoms with E-state index in [9.17, 15) is 31.9 Å². The first-order chi connectivity index (χ1) is 20.2. The highest BCUT2D eigenvalue weighted by Crippen LogP contribution is 2.45. The van der Waals surface area contributed by atoms with Gasteiger partial charge in [-0.2, -0.15) is 0 Å². The Balaban J connectivity index is 1.91. The van der Waals surface area contributed by atoms with Gasteiger partial charge in [-0.3, -0.25) is 14.4 Å². The molecule has 0 saturated heterocycles. The molecule has 228 valence electrons. The number of hydrogen-bond donors (Lipinski definition) is 0. The van der Waals surface area contributed by atoms with E-state index in [4.69, 9.17) is 42.1 Å². The summed E-state index contributed by atoms with van der Waals surface area (Å²) in [5.74, 6) is -8.26. The maximum Gasteiger partial charge on any atom is 0.307 e. The summed E-state index contributed by atoms with van der Waals surface area (Å²) in [6.45, 7) is 2.74. The second-order valence-electron chi connectivity index (χ2n) is 8.86. The molecule has 0 fully saturated rings. The number of esters is 3. The van der Waals surface area contributed by atoms with Crippen molar-refractivity contribution in [1.82, 2.24) is 15.0 Å². The lowest BCUT2D eigenvalue weighted by atomic mass is 10.0. The van der Waals surface area contributed by atoms with Gasteiger partial charge in [0.15, 0.2) is 46.6 Å². The van der Waals surface area contributed by atoms with Crippen molar-refractivity contribution in [2.24, 2.45) is 0 Å². The van der Waals surface area contributed by atoms with Crippen molar-refractivity contribution in [1.29, 1.82) is 0 Å². The van der Waals surface area contributed by atoms with Crippen LogP contribution in [0.15, 0.2) is 46.2 Å². The number of benzene rings is 2. The number of carbonyl (C=O) groups is 3. The van der Waals surface area contributed by atoms with Crippen LogP contribution in [0.5, 0.6) is 0 Å². The Bertz CT molecular complexity index is 1610. The minimum absolute atomic E-state index is 0.0125. The summed E-state index contributed by atoms with van der Waals surface area (Å²) in [4.78, 5) is 35.9. The first kappa shape index (κ1) is 32.1. The van der Waals surface area contributed by atoms with Crippen molar-refractivity contribution in [2.75, 3.05) is 6.61 Å². The highest BCUT2D eigenvalue weighted by molar-refractivity contribution is 8.03. The Hall–Kier alpha value is -3.82. The third-order valence-electron chi connectivity index (χ3n) is 5.66. The van der Waals surface area contributed by atoms with Gasteiger partial charge in [0.1, 0.15) is 18.1 Å². The summed E-state index contributed by atoms with van der Waals surface area (Å²) in [6.07, 6.45) is -1.57. The van der Waals surface area contributed by atoms with E-state index in [1.54, 1.807) is 0 Å². The van der Waals surface area contributed by atoms with Crippen LogP contribution in [0.3, 0.4) is 0 Å². The SMILES string of the molecule is CC(=O)OCC1OC(Sc2cc(Cl)c(Cl)cc2F)=C(OC(C)=O)C(n2cc(-c3cc(F)c(F)c(F)c3)nn2)[C@H]1OC(C)=O. The lowest BCUT2D eigenvalue weighted by molar-refractivity contribution is -0.168. The number of thioether (sulfide) groups is 1. The third-order valence-corrected chi connectivity index (χ3v) is 7.40. The van der Waals surface area contributed by atoms with E-state index in [-0.39, 0.29) is 37.0 Å². The van der Waals surface area contributed by atoms with Crippen LogP contribution in [0.2, 0.25) is 10.0 Å². The van der Waals surface area contributed by atoms with Gasteiger partial charge >= 0.3 is 17.9 Å². The zero-order valence-corrected chi connectivity index (χ0v) is 24.5. The minimum atomic E-state index is -1.69. The Morgan fingerprint density at radius 3 is 2.21 bits per heavy atom. The molecule has 1 aromatic heterocycles. The van der Waals surface area contributed by atoms with Crippen LogP contribution in [0, 0.1) is 23.3 Å². The molecule has 2 aromatic carbocycles. The average Bonchev–Trinajstić information content (AvgIpc) is 3.40. The van der Waals surface area contributed by atoms with Crippen molar-refractivity contribution in [2.45, 2.75) is 43.9 Å². The predicted octanol–water partition coefficient (Wildman–Crippen LogP) is 5.77. The molecular weight excluding hydrogens is 645 g/mol. The van der Waals surface area contributed by atoms with E-state index in [0.29, 0.717) is 23.9 Å². The maximum atomic E-state index is 14.9. The fourth-order valence-corrected chi connectivity index (χ4v) is 5.28. The highest BCUT2D eigenvalue weighted by atomic mass is 35.5. The van der Waals surface area contributed by atoms with Gasteiger partial charge in [-0.05, 0) is 36.0 Å². The van der Waals surface area contributed by atoms with Crippen LogP contribution in [-0.2, 0) is 33.3 Å². The molecule has 0 aliphatic carbocycles. The second-order valence-corrected chi connectivity index (χ2v) is 10.7. The summed E-state index contributed by atoms with van der Waals surface area (Å²) in [6, 6.07) is 2.08. The smallest absolute Gasteiger partial charge is 0.307 e. The summed E-state index contributed by atoms with van der Waals surface area (Å²) >= 11 is 12.6. The van der Waals surface area contributed by atoms with Crippen molar-refractivity contribution in [3.63, 3.8) is 0 Å². The first-order valence-corrected chi connectivity index (χ1v) is 13.6. The molecular formula is C26H19Cl2F4N3O7S. The van der Waals surface area contributed by atoms with E-state index < -0.39 is 66.0 Å². The van der Waals surface area contributed by atoms with Crippen molar-refractivity contribution in [3.05, 3.63) is 74.6 Å². The first-order valence-electron chi connectivity index (χ1n) is 12.0. The van der Waals surface area contributed by atoms with Crippen molar-refractivity contribution < 1.29 is 50.9 Å². The molecule has 3 aromatic rings. The third kappa shape index (κ3) is 7.40. The molecule has 0 saturated carbocycles. The zero-order chi connectivity index (χ0) is 31.6. The minimum Gasteiger partial charge on any atom is -0.473 e. The molecule has 4 rings (SSSR count). The largest absolute Gasteiger partial charge is 0.473 e. The summed E-state index contributed by atoms with van der Waals surface area (Å²) in [5.41, 5.74) is -0.366. The second kappa shape index (κ2) is 13.2. The van der Waals surface area contributed by atoms with Crippen LogP contribution in [0.1, 0.15) is 26.8 Å². The fourth-order valence-electron chi connectivity index (χ4n) is 3.93. The highest BCUT2D eigenvalue weighted by Gasteiger charge is 2.47.